The molecule has 0 spiro atoms. The Morgan fingerprint density at radius 1 is 0.972 bits per heavy atom. The van der Waals surface area contributed by atoms with Crippen molar-refractivity contribution in [2.75, 3.05) is 33.4 Å². The van der Waals surface area contributed by atoms with Crippen LogP contribution >= 0.6 is 0 Å². The van der Waals surface area contributed by atoms with Gasteiger partial charge < -0.3 is 24.0 Å². The van der Waals surface area contributed by atoms with Gasteiger partial charge in [0.1, 0.15) is 11.5 Å². The van der Waals surface area contributed by atoms with Crippen LogP contribution in [-0.2, 0) is 27.5 Å². The van der Waals surface area contributed by atoms with Crippen molar-refractivity contribution in [1.29, 1.82) is 0 Å². The summed E-state index contributed by atoms with van der Waals surface area (Å²) in [7, 11) is 1.62. The Labute approximate surface area is 211 Å². The summed E-state index contributed by atoms with van der Waals surface area (Å²) < 4.78 is 17.1. The number of ether oxygens (including phenoxy) is 3. The highest BCUT2D eigenvalue weighted by Gasteiger charge is 2.31. The second-order valence-electron chi connectivity index (χ2n) is 8.60. The third-order valence-electron chi connectivity index (χ3n) is 5.95. The lowest BCUT2D eigenvalue weighted by atomic mass is 10.2. The van der Waals surface area contributed by atoms with E-state index < -0.39 is 0 Å². The van der Waals surface area contributed by atoms with E-state index in [-0.39, 0.29) is 37.5 Å². The zero-order chi connectivity index (χ0) is 25.2. The van der Waals surface area contributed by atoms with Crippen LogP contribution in [0.15, 0.2) is 79.1 Å². The Morgan fingerprint density at radius 3 is 2.50 bits per heavy atom. The minimum atomic E-state index is -0.339. The largest absolute Gasteiger partial charge is 0.497 e. The number of para-hydroxylation sites is 1. The molecule has 0 aliphatic carbocycles. The number of hydrogen-bond acceptors (Lipinski definition) is 6. The molecule has 1 unspecified atom stereocenters. The number of pyridine rings is 1. The lowest BCUT2D eigenvalue weighted by Crippen LogP contribution is -2.40. The predicted molar refractivity (Wildman–Crippen MR) is 134 cm³/mol. The summed E-state index contributed by atoms with van der Waals surface area (Å²) in [6.45, 7) is 1.74. The van der Waals surface area contributed by atoms with Gasteiger partial charge in [-0.15, -0.1) is 0 Å². The molecule has 4 rings (SSSR count). The van der Waals surface area contributed by atoms with Crippen LogP contribution in [0.5, 0.6) is 11.5 Å². The van der Waals surface area contributed by atoms with Crippen molar-refractivity contribution in [3.05, 3.63) is 90.3 Å². The van der Waals surface area contributed by atoms with Gasteiger partial charge in [-0.1, -0.05) is 36.4 Å². The minimum Gasteiger partial charge on any atom is -0.497 e. The van der Waals surface area contributed by atoms with Crippen molar-refractivity contribution in [2.24, 2.45) is 0 Å². The van der Waals surface area contributed by atoms with E-state index in [9.17, 15) is 9.59 Å². The molecule has 1 fully saturated rings. The standard InChI is InChI=1S/C28H31N3O5/c1-34-24-11-9-22(10-12-24)17-30-18-26(36-21-23-6-5-14-29-16-23)19-31(20-28(30)33)27(32)13-15-35-25-7-3-2-4-8-25/h2-12,14,16,26H,13,15,17-21H2,1H3. The summed E-state index contributed by atoms with van der Waals surface area (Å²) in [5.41, 5.74) is 1.91. The predicted octanol–water partition coefficient (Wildman–Crippen LogP) is 3.32. The molecule has 8 nitrogen and oxygen atoms in total. The zero-order valence-corrected chi connectivity index (χ0v) is 20.4. The molecule has 8 heteroatoms. The van der Waals surface area contributed by atoms with Gasteiger partial charge in [0, 0.05) is 32.0 Å². The van der Waals surface area contributed by atoms with Crippen molar-refractivity contribution < 1.29 is 23.8 Å². The Hall–Kier alpha value is -3.91. The van der Waals surface area contributed by atoms with Gasteiger partial charge in [0.25, 0.3) is 0 Å². The third-order valence-corrected chi connectivity index (χ3v) is 5.95. The van der Waals surface area contributed by atoms with Gasteiger partial charge in [0.05, 0.1) is 39.4 Å². The SMILES string of the molecule is COc1ccc(CN2CC(OCc3cccnc3)CN(C(=O)CCOc3ccccc3)CC2=O)cc1. The number of rotatable bonds is 10. The lowest BCUT2D eigenvalue weighted by Gasteiger charge is -2.25. The van der Waals surface area contributed by atoms with Crippen molar-refractivity contribution in [1.82, 2.24) is 14.8 Å². The van der Waals surface area contributed by atoms with Gasteiger partial charge in [-0.25, -0.2) is 0 Å². The Kier molecular flexibility index (Phi) is 8.88. The van der Waals surface area contributed by atoms with Crippen LogP contribution in [0, 0.1) is 0 Å². The van der Waals surface area contributed by atoms with Crippen molar-refractivity contribution in [3.8, 4) is 11.5 Å². The first-order valence-electron chi connectivity index (χ1n) is 12.0. The topological polar surface area (TPSA) is 81.2 Å². The average Bonchev–Trinajstić information content (AvgIpc) is 3.07. The first-order chi connectivity index (χ1) is 17.6. The van der Waals surface area contributed by atoms with E-state index >= 15 is 0 Å². The number of amides is 2. The van der Waals surface area contributed by atoms with Gasteiger partial charge in [-0.2, -0.15) is 0 Å². The van der Waals surface area contributed by atoms with Gasteiger partial charge in [0.15, 0.2) is 0 Å². The van der Waals surface area contributed by atoms with Crippen molar-refractivity contribution >= 4 is 11.8 Å². The number of hydrogen-bond donors (Lipinski definition) is 0. The fourth-order valence-electron chi connectivity index (χ4n) is 4.01. The Bertz CT molecular complexity index is 1110. The second kappa shape index (κ2) is 12.7. The molecule has 3 aromatic rings. The maximum Gasteiger partial charge on any atom is 0.242 e. The molecule has 1 aromatic heterocycles. The molecule has 0 N–H and O–H groups in total. The molecule has 188 valence electrons. The fourth-order valence-corrected chi connectivity index (χ4v) is 4.01. The van der Waals surface area contributed by atoms with Crippen molar-refractivity contribution in [3.63, 3.8) is 0 Å². The van der Waals surface area contributed by atoms with E-state index in [1.165, 1.54) is 0 Å². The number of carbonyl (C=O) groups excluding carboxylic acids is 2. The number of benzene rings is 2. The van der Waals surface area contributed by atoms with Crippen LogP contribution in [0.2, 0.25) is 0 Å². The van der Waals surface area contributed by atoms with E-state index in [4.69, 9.17) is 14.2 Å². The van der Waals surface area contributed by atoms with Crippen LogP contribution in [-0.4, -0.2) is 66.1 Å². The first-order valence-corrected chi connectivity index (χ1v) is 12.0. The molecule has 0 radical (unpaired) electrons. The van der Waals surface area contributed by atoms with E-state index in [0.717, 1.165) is 16.9 Å². The minimum absolute atomic E-state index is 0.00702. The van der Waals surface area contributed by atoms with Crippen LogP contribution < -0.4 is 9.47 Å². The van der Waals surface area contributed by atoms with E-state index in [0.29, 0.717) is 32.0 Å². The zero-order valence-electron chi connectivity index (χ0n) is 20.4. The maximum atomic E-state index is 13.2. The molecule has 1 saturated heterocycles. The average molecular weight is 490 g/mol. The van der Waals surface area contributed by atoms with E-state index in [1.807, 2.05) is 66.7 Å². The Morgan fingerprint density at radius 2 is 1.78 bits per heavy atom. The monoisotopic (exact) mass is 489 g/mol. The summed E-state index contributed by atoms with van der Waals surface area (Å²) in [5, 5.41) is 0. The molecular weight excluding hydrogens is 458 g/mol. The van der Waals surface area contributed by atoms with Gasteiger partial charge in [-0.3, -0.25) is 14.6 Å². The van der Waals surface area contributed by atoms with Gasteiger partial charge in [-0.05, 0) is 41.5 Å². The maximum absolute atomic E-state index is 13.2. The molecule has 1 aliphatic heterocycles. The van der Waals surface area contributed by atoms with Crippen LogP contribution in [0.4, 0.5) is 0 Å². The highest BCUT2D eigenvalue weighted by molar-refractivity contribution is 5.85. The number of aromatic nitrogens is 1. The number of methoxy groups -OCH3 is 1. The molecule has 0 bridgehead atoms. The highest BCUT2D eigenvalue weighted by Crippen LogP contribution is 2.17. The molecule has 2 amide bonds. The third kappa shape index (κ3) is 7.29. The lowest BCUT2D eigenvalue weighted by molar-refractivity contribution is -0.139. The van der Waals surface area contributed by atoms with Crippen LogP contribution in [0.1, 0.15) is 17.5 Å². The van der Waals surface area contributed by atoms with Gasteiger partial charge >= 0.3 is 0 Å². The molecule has 36 heavy (non-hydrogen) atoms. The van der Waals surface area contributed by atoms with Crippen LogP contribution in [0.25, 0.3) is 0 Å². The quantitative estimate of drug-likeness (QED) is 0.435. The molecule has 1 atom stereocenters. The molecule has 2 aromatic carbocycles. The summed E-state index contributed by atoms with van der Waals surface area (Å²) in [5.74, 6) is 1.21. The Balaban J connectivity index is 1.42. The fraction of sp³-hybridized carbons (Fsp3) is 0.321. The number of carbonyl (C=O) groups is 2. The normalized spacial score (nSPS) is 15.9. The van der Waals surface area contributed by atoms with E-state index in [1.54, 1.807) is 29.3 Å². The first kappa shape index (κ1) is 25.2. The van der Waals surface area contributed by atoms with Gasteiger partial charge in [0.2, 0.25) is 11.8 Å². The second-order valence-corrected chi connectivity index (χ2v) is 8.60. The summed E-state index contributed by atoms with van der Waals surface area (Å²) in [4.78, 5) is 33.7. The molecule has 0 saturated carbocycles. The van der Waals surface area contributed by atoms with E-state index in [2.05, 4.69) is 4.98 Å². The molecular formula is C28H31N3O5. The van der Waals surface area contributed by atoms with Crippen LogP contribution in [0.3, 0.4) is 0 Å². The highest BCUT2D eigenvalue weighted by atomic mass is 16.5. The number of nitrogens with zero attached hydrogens (tertiary/aromatic N) is 3. The summed E-state index contributed by atoms with van der Waals surface area (Å²) >= 11 is 0. The summed E-state index contributed by atoms with van der Waals surface area (Å²) in [6, 6.07) is 20.8. The smallest absolute Gasteiger partial charge is 0.242 e. The molecule has 2 heterocycles. The molecule has 1 aliphatic rings. The van der Waals surface area contributed by atoms with Crippen molar-refractivity contribution in [2.45, 2.75) is 25.7 Å². The summed E-state index contributed by atoms with van der Waals surface area (Å²) in [6.07, 6.45) is 3.30.